The Labute approximate surface area is 92.0 Å². The summed E-state index contributed by atoms with van der Waals surface area (Å²) in [6, 6.07) is 9.97. The van der Waals surface area contributed by atoms with Crippen molar-refractivity contribution in [3.05, 3.63) is 41.4 Å². The van der Waals surface area contributed by atoms with Crippen LogP contribution in [-0.4, -0.2) is 13.0 Å². The minimum absolute atomic E-state index is 0.0243. The summed E-state index contributed by atoms with van der Waals surface area (Å²) in [4.78, 5) is -0.234. The fourth-order valence-electron chi connectivity index (χ4n) is 1.48. The molecule has 15 heavy (non-hydrogen) atoms. The van der Waals surface area contributed by atoms with Crippen molar-refractivity contribution in [2.75, 3.05) is 0 Å². The van der Waals surface area contributed by atoms with Gasteiger partial charge in [0.25, 0.3) is 10.1 Å². The molecule has 0 amide bonds. The fourth-order valence-corrected chi connectivity index (χ4v) is 2.71. The monoisotopic (exact) mass is 242 g/mol. The molecule has 1 N–H and O–H groups in total. The normalized spacial score (nSPS) is 11.9. The third kappa shape index (κ3) is 1.84. The van der Waals surface area contributed by atoms with Gasteiger partial charge >= 0.3 is 0 Å². The average Bonchev–Trinajstić information content (AvgIpc) is 2.15. The molecule has 2 rings (SSSR count). The van der Waals surface area contributed by atoms with Crippen LogP contribution in [0.4, 0.5) is 0 Å². The zero-order valence-electron chi connectivity index (χ0n) is 7.51. The van der Waals surface area contributed by atoms with E-state index in [0.29, 0.717) is 5.39 Å². The Balaban J connectivity index is 2.99. The van der Waals surface area contributed by atoms with Crippen molar-refractivity contribution in [1.82, 2.24) is 0 Å². The predicted octanol–water partition coefficient (Wildman–Crippen LogP) is 2.74. The first-order valence-electron chi connectivity index (χ1n) is 4.15. The van der Waals surface area contributed by atoms with E-state index in [4.69, 9.17) is 16.2 Å². The zero-order chi connectivity index (χ0) is 11.1. The number of hydrogen-bond donors (Lipinski definition) is 1. The molecule has 0 saturated heterocycles. The van der Waals surface area contributed by atoms with Crippen molar-refractivity contribution >= 4 is 32.5 Å². The maximum absolute atomic E-state index is 11.1. The lowest BCUT2D eigenvalue weighted by Crippen LogP contribution is -2.00. The van der Waals surface area contributed by atoms with Gasteiger partial charge in [-0.25, -0.2) is 0 Å². The van der Waals surface area contributed by atoms with Gasteiger partial charge in [0.15, 0.2) is 0 Å². The van der Waals surface area contributed by atoms with Crippen LogP contribution in [0.5, 0.6) is 0 Å². The molecule has 0 aliphatic heterocycles. The second kappa shape index (κ2) is 3.48. The number of benzene rings is 2. The minimum atomic E-state index is -4.29. The maximum atomic E-state index is 11.1. The van der Waals surface area contributed by atoms with E-state index in [9.17, 15) is 8.42 Å². The molecule has 0 radical (unpaired) electrons. The number of halogens is 1. The van der Waals surface area contributed by atoms with Crippen LogP contribution in [-0.2, 0) is 10.1 Å². The largest absolute Gasteiger partial charge is 0.296 e. The average molecular weight is 243 g/mol. The van der Waals surface area contributed by atoms with E-state index >= 15 is 0 Å². The first-order valence-corrected chi connectivity index (χ1v) is 5.97. The third-order valence-electron chi connectivity index (χ3n) is 2.09. The summed E-state index contributed by atoms with van der Waals surface area (Å²) in [6.07, 6.45) is 0. The highest BCUT2D eigenvalue weighted by Crippen LogP contribution is 2.29. The van der Waals surface area contributed by atoms with Crippen molar-refractivity contribution in [2.24, 2.45) is 0 Å². The molecule has 5 heteroatoms. The molecule has 0 aliphatic carbocycles. The summed E-state index contributed by atoms with van der Waals surface area (Å²) in [7, 11) is -4.29. The van der Waals surface area contributed by atoms with E-state index in [1.165, 1.54) is 6.07 Å². The molecule has 0 bridgehead atoms. The standard InChI is InChI=1S/C10H7ClO3S/c11-9-6-5-7-3-1-2-4-8(7)10(9)15(12,13)14/h1-6H,(H,12,13,14). The van der Waals surface area contributed by atoms with Gasteiger partial charge in [-0.15, -0.1) is 0 Å². The number of fused-ring (bicyclic) bond motifs is 1. The molecule has 2 aromatic rings. The smallest absolute Gasteiger partial charge is 0.282 e. The van der Waals surface area contributed by atoms with E-state index in [1.807, 2.05) is 0 Å². The molecule has 0 atom stereocenters. The molecule has 0 aliphatic rings. The first-order chi connectivity index (χ1) is 7.00. The lowest BCUT2D eigenvalue weighted by Gasteiger charge is -2.05. The molecule has 0 fully saturated rings. The Hall–Kier alpha value is -1.10. The molecule has 0 aromatic heterocycles. The van der Waals surface area contributed by atoms with Gasteiger partial charge in [-0.3, -0.25) is 4.55 Å². The molecule has 3 nitrogen and oxygen atoms in total. The van der Waals surface area contributed by atoms with Crippen LogP contribution < -0.4 is 0 Å². The predicted molar refractivity (Wildman–Crippen MR) is 58.8 cm³/mol. The van der Waals surface area contributed by atoms with E-state index in [1.54, 1.807) is 30.3 Å². The number of hydrogen-bond acceptors (Lipinski definition) is 2. The Morgan fingerprint density at radius 3 is 2.40 bits per heavy atom. The topological polar surface area (TPSA) is 54.4 Å². The van der Waals surface area contributed by atoms with Gasteiger partial charge in [0.2, 0.25) is 0 Å². The molecule has 0 heterocycles. The Kier molecular flexibility index (Phi) is 2.42. The van der Waals surface area contributed by atoms with Gasteiger partial charge in [-0.2, -0.15) is 8.42 Å². The highest BCUT2D eigenvalue weighted by molar-refractivity contribution is 7.86. The van der Waals surface area contributed by atoms with E-state index in [2.05, 4.69) is 0 Å². The summed E-state index contributed by atoms with van der Waals surface area (Å²) in [5.41, 5.74) is 0. The van der Waals surface area contributed by atoms with Gasteiger partial charge < -0.3 is 0 Å². The van der Waals surface area contributed by atoms with Gasteiger partial charge in [-0.05, 0) is 11.5 Å². The second-order valence-electron chi connectivity index (χ2n) is 3.07. The van der Waals surface area contributed by atoms with Crippen LogP contribution in [0.1, 0.15) is 0 Å². The van der Waals surface area contributed by atoms with Crippen LogP contribution in [0.15, 0.2) is 41.3 Å². The first kappa shape index (κ1) is 10.4. The highest BCUT2D eigenvalue weighted by atomic mass is 35.5. The summed E-state index contributed by atoms with van der Waals surface area (Å²) in [5, 5.41) is 1.17. The SMILES string of the molecule is O=S(=O)(O)c1c(Cl)ccc2ccccc12. The lowest BCUT2D eigenvalue weighted by atomic mass is 10.1. The van der Waals surface area contributed by atoms with Crippen molar-refractivity contribution in [3.63, 3.8) is 0 Å². The van der Waals surface area contributed by atoms with E-state index in [0.717, 1.165) is 5.39 Å². The van der Waals surface area contributed by atoms with Crippen molar-refractivity contribution in [1.29, 1.82) is 0 Å². The van der Waals surface area contributed by atoms with Crippen molar-refractivity contribution in [3.8, 4) is 0 Å². The van der Waals surface area contributed by atoms with Crippen molar-refractivity contribution < 1.29 is 13.0 Å². The van der Waals surface area contributed by atoms with Crippen LogP contribution in [0.25, 0.3) is 10.8 Å². The third-order valence-corrected chi connectivity index (χ3v) is 3.47. The molecule has 0 spiro atoms. The van der Waals surface area contributed by atoms with Crippen LogP contribution in [0.2, 0.25) is 5.02 Å². The zero-order valence-corrected chi connectivity index (χ0v) is 9.09. The highest BCUT2D eigenvalue weighted by Gasteiger charge is 2.17. The Morgan fingerprint density at radius 1 is 1.07 bits per heavy atom. The fraction of sp³-hybridized carbons (Fsp3) is 0. The molecule has 78 valence electrons. The Morgan fingerprint density at radius 2 is 1.73 bits per heavy atom. The summed E-state index contributed by atoms with van der Waals surface area (Å²) in [6.45, 7) is 0. The van der Waals surface area contributed by atoms with Gasteiger partial charge in [-0.1, -0.05) is 41.9 Å². The van der Waals surface area contributed by atoms with Crippen LogP contribution in [0.3, 0.4) is 0 Å². The summed E-state index contributed by atoms with van der Waals surface area (Å²) in [5.74, 6) is 0. The summed E-state index contributed by atoms with van der Waals surface area (Å²) >= 11 is 5.75. The molecule has 2 aromatic carbocycles. The minimum Gasteiger partial charge on any atom is -0.282 e. The van der Waals surface area contributed by atoms with Crippen LogP contribution >= 0.6 is 11.6 Å². The summed E-state index contributed by atoms with van der Waals surface area (Å²) < 4.78 is 31.3. The van der Waals surface area contributed by atoms with Gasteiger partial charge in [0.1, 0.15) is 4.90 Å². The quantitative estimate of drug-likeness (QED) is 0.783. The van der Waals surface area contributed by atoms with Crippen LogP contribution in [0, 0.1) is 0 Å². The van der Waals surface area contributed by atoms with Gasteiger partial charge in [0.05, 0.1) is 5.02 Å². The second-order valence-corrected chi connectivity index (χ2v) is 4.84. The molecule has 0 unspecified atom stereocenters. The van der Waals surface area contributed by atoms with E-state index < -0.39 is 10.1 Å². The molecular weight excluding hydrogens is 236 g/mol. The molecular formula is C10H7ClO3S. The van der Waals surface area contributed by atoms with E-state index in [-0.39, 0.29) is 9.92 Å². The molecule has 0 saturated carbocycles. The van der Waals surface area contributed by atoms with Crippen molar-refractivity contribution in [2.45, 2.75) is 4.90 Å². The number of rotatable bonds is 1. The Bertz CT molecular complexity index is 620. The van der Waals surface area contributed by atoms with Gasteiger partial charge in [0, 0.05) is 5.39 Å². The lowest BCUT2D eigenvalue weighted by molar-refractivity contribution is 0.484. The maximum Gasteiger partial charge on any atom is 0.296 e.